The van der Waals surface area contributed by atoms with E-state index in [1.54, 1.807) is 0 Å². The second-order valence-corrected chi connectivity index (χ2v) is 4.70. The van der Waals surface area contributed by atoms with Gasteiger partial charge in [-0.25, -0.2) is 4.39 Å². The topological polar surface area (TPSA) is 72.9 Å². The minimum atomic E-state index is -0.435. The molecule has 19 heavy (non-hydrogen) atoms. The summed E-state index contributed by atoms with van der Waals surface area (Å²) >= 11 is 3.24. The van der Waals surface area contributed by atoms with E-state index in [9.17, 15) is 9.18 Å². The van der Waals surface area contributed by atoms with Gasteiger partial charge >= 0.3 is 0 Å². The van der Waals surface area contributed by atoms with Gasteiger partial charge < -0.3 is 11.1 Å². The molecule has 0 bridgehead atoms. The quantitative estimate of drug-likeness (QED) is 0.910. The van der Waals surface area contributed by atoms with Crippen LogP contribution in [0.25, 0.3) is 0 Å². The first-order valence-corrected chi connectivity index (χ1v) is 6.40. The fourth-order valence-electron chi connectivity index (χ4n) is 1.66. The predicted octanol–water partition coefficient (Wildman–Crippen LogP) is 2.64. The Morgan fingerprint density at radius 2 is 2.32 bits per heavy atom. The number of nitrogens with one attached hydrogen (secondary N) is 1. The number of carbonyl (C=O) groups is 1. The van der Waals surface area contributed by atoms with E-state index in [1.165, 1.54) is 29.1 Å². The van der Waals surface area contributed by atoms with Crippen molar-refractivity contribution in [3.8, 4) is 0 Å². The highest BCUT2D eigenvalue weighted by molar-refractivity contribution is 9.10. The van der Waals surface area contributed by atoms with Gasteiger partial charge in [-0.3, -0.25) is 9.48 Å². The lowest BCUT2D eigenvalue weighted by Gasteiger charge is -2.09. The Bertz CT molecular complexity index is 626. The number of anilines is 2. The Morgan fingerprint density at radius 3 is 3.00 bits per heavy atom. The summed E-state index contributed by atoms with van der Waals surface area (Å²) in [5.74, 6) is -0.862. The van der Waals surface area contributed by atoms with Crippen molar-refractivity contribution in [2.45, 2.75) is 13.5 Å². The average molecular weight is 327 g/mol. The van der Waals surface area contributed by atoms with Gasteiger partial charge in [0.15, 0.2) is 0 Å². The van der Waals surface area contributed by atoms with E-state index in [1.807, 2.05) is 6.92 Å². The van der Waals surface area contributed by atoms with Crippen molar-refractivity contribution >= 4 is 33.2 Å². The standard InChI is InChI=1S/C12H12BrFN4O/c1-2-18-11(9(15)6-16-18)12(19)17-10-5-7(14)3-4-8(10)13/h3-6H,2,15H2,1H3,(H,17,19). The van der Waals surface area contributed by atoms with Crippen molar-refractivity contribution < 1.29 is 9.18 Å². The summed E-state index contributed by atoms with van der Waals surface area (Å²) in [5, 5.41) is 6.58. The number of nitrogen functional groups attached to an aromatic ring is 1. The molecule has 1 amide bonds. The second-order valence-electron chi connectivity index (χ2n) is 3.84. The number of nitrogens with zero attached hydrogens (tertiary/aromatic N) is 2. The number of hydrogen-bond donors (Lipinski definition) is 2. The van der Waals surface area contributed by atoms with Crippen molar-refractivity contribution in [3.63, 3.8) is 0 Å². The molecule has 1 aromatic carbocycles. The Hall–Kier alpha value is -1.89. The highest BCUT2D eigenvalue weighted by Crippen LogP contribution is 2.24. The first-order valence-electron chi connectivity index (χ1n) is 5.60. The molecular formula is C12H12BrFN4O. The van der Waals surface area contributed by atoms with Gasteiger partial charge in [0.2, 0.25) is 0 Å². The maximum absolute atomic E-state index is 13.2. The van der Waals surface area contributed by atoms with Gasteiger partial charge in [0, 0.05) is 11.0 Å². The van der Waals surface area contributed by atoms with Gasteiger partial charge in [-0.2, -0.15) is 5.10 Å². The number of aromatic nitrogens is 2. The number of nitrogens with two attached hydrogens (primary N) is 1. The predicted molar refractivity (Wildman–Crippen MR) is 74.4 cm³/mol. The Labute approximate surface area is 117 Å². The normalized spacial score (nSPS) is 10.5. The molecule has 0 saturated carbocycles. The van der Waals surface area contributed by atoms with Crippen LogP contribution in [0.1, 0.15) is 17.4 Å². The zero-order valence-electron chi connectivity index (χ0n) is 10.2. The molecule has 2 rings (SSSR count). The first-order chi connectivity index (χ1) is 9.02. The summed E-state index contributed by atoms with van der Waals surface area (Å²) in [6.07, 6.45) is 1.42. The minimum absolute atomic E-state index is 0.263. The van der Waals surface area contributed by atoms with Gasteiger partial charge in [0.05, 0.1) is 17.6 Å². The average Bonchev–Trinajstić information content (AvgIpc) is 2.75. The van der Waals surface area contributed by atoms with Crippen LogP contribution in [0.5, 0.6) is 0 Å². The Kier molecular flexibility index (Phi) is 3.84. The molecule has 1 aromatic heterocycles. The van der Waals surface area contributed by atoms with Crippen LogP contribution in [0.15, 0.2) is 28.9 Å². The summed E-state index contributed by atoms with van der Waals surface area (Å²) < 4.78 is 15.2. The van der Waals surface area contributed by atoms with Crippen LogP contribution < -0.4 is 11.1 Å². The highest BCUT2D eigenvalue weighted by Gasteiger charge is 2.17. The molecule has 3 N–H and O–H groups in total. The molecule has 0 aliphatic carbocycles. The van der Waals surface area contributed by atoms with Crippen LogP contribution >= 0.6 is 15.9 Å². The fraction of sp³-hybridized carbons (Fsp3) is 0.167. The molecule has 0 unspecified atom stereocenters. The van der Waals surface area contributed by atoms with E-state index in [2.05, 4.69) is 26.3 Å². The van der Waals surface area contributed by atoms with Gasteiger partial charge in [-0.1, -0.05) is 0 Å². The van der Waals surface area contributed by atoms with Crippen LogP contribution in [0.3, 0.4) is 0 Å². The molecule has 0 aliphatic heterocycles. The van der Waals surface area contributed by atoms with Crippen LogP contribution in [0.4, 0.5) is 15.8 Å². The molecule has 7 heteroatoms. The lowest BCUT2D eigenvalue weighted by molar-refractivity contribution is 0.101. The third kappa shape index (κ3) is 2.76. The van der Waals surface area contributed by atoms with E-state index in [4.69, 9.17) is 5.73 Å². The van der Waals surface area contributed by atoms with E-state index < -0.39 is 11.7 Å². The third-order valence-electron chi connectivity index (χ3n) is 2.56. The van der Waals surface area contributed by atoms with Gasteiger partial charge in [0.1, 0.15) is 11.5 Å². The number of halogens is 2. The van der Waals surface area contributed by atoms with E-state index in [0.717, 1.165) is 0 Å². The van der Waals surface area contributed by atoms with Gasteiger partial charge in [0.25, 0.3) is 5.91 Å². The Balaban J connectivity index is 2.30. The first kappa shape index (κ1) is 13.5. The molecule has 5 nitrogen and oxygen atoms in total. The monoisotopic (exact) mass is 326 g/mol. The zero-order valence-corrected chi connectivity index (χ0v) is 11.7. The molecule has 0 aliphatic rings. The third-order valence-corrected chi connectivity index (χ3v) is 3.25. The zero-order chi connectivity index (χ0) is 14.0. The molecule has 2 aromatic rings. The van der Waals surface area contributed by atoms with Gasteiger partial charge in [-0.15, -0.1) is 0 Å². The van der Waals surface area contributed by atoms with E-state index in [0.29, 0.717) is 16.7 Å². The molecule has 0 saturated heterocycles. The summed E-state index contributed by atoms with van der Waals surface area (Å²) in [7, 11) is 0. The van der Waals surface area contributed by atoms with Crippen LogP contribution in [0, 0.1) is 5.82 Å². The summed E-state index contributed by atoms with van der Waals surface area (Å²) in [4.78, 5) is 12.1. The summed E-state index contributed by atoms with van der Waals surface area (Å²) in [6, 6.07) is 4.04. The number of hydrogen-bond acceptors (Lipinski definition) is 3. The lowest BCUT2D eigenvalue weighted by Crippen LogP contribution is -2.19. The number of aryl methyl sites for hydroxylation is 1. The lowest BCUT2D eigenvalue weighted by atomic mass is 10.3. The molecule has 100 valence electrons. The van der Waals surface area contributed by atoms with Crippen LogP contribution in [-0.4, -0.2) is 15.7 Å². The minimum Gasteiger partial charge on any atom is -0.396 e. The SMILES string of the molecule is CCn1ncc(N)c1C(=O)Nc1cc(F)ccc1Br. The highest BCUT2D eigenvalue weighted by atomic mass is 79.9. The molecule has 0 fully saturated rings. The molecular weight excluding hydrogens is 315 g/mol. The maximum Gasteiger partial charge on any atom is 0.276 e. The smallest absolute Gasteiger partial charge is 0.276 e. The van der Waals surface area contributed by atoms with E-state index >= 15 is 0 Å². The van der Waals surface area contributed by atoms with E-state index in [-0.39, 0.29) is 11.4 Å². The Morgan fingerprint density at radius 1 is 1.58 bits per heavy atom. The number of amides is 1. The number of benzene rings is 1. The fourth-order valence-corrected chi connectivity index (χ4v) is 2.01. The molecule has 0 spiro atoms. The maximum atomic E-state index is 13.2. The summed E-state index contributed by atoms with van der Waals surface area (Å²) in [5.41, 5.74) is 6.60. The van der Waals surface area contributed by atoms with Crippen molar-refractivity contribution in [1.82, 2.24) is 9.78 Å². The summed E-state index contributed by atoms with van der Waals surface area (Å²) in [6.45, 7) is 2.37. The van der Waals surface area contributed by atoms with Crippen molar-refractivity contribution in [1.29, 1.82) is 0 Å². The second kappa shape index (κ2) is 5.40. The van der Waals surface area contributed by atoms with Crippen LogP contribution in [-0.2, 0) is 6.54 Å². The molecule has 0 atom stereocenters. The molecule has 1 heterocycles. The van der Waals surface area contributed by atoms with Crippen LogP contribution in [0.2, 0.25) is 0 Å². The number of rotatable bonds is 3. The van der Waals surface area contributed by atoms with Crippen molar-refractivity contribution in [2.75, 3.05) is 11.1 Å². The van der Waals surface area contributed by atoms with Gasteiger partial charge in [-0.05, 0) is 41.1 Å². The number of carbonyl (C=O) groups excluding carboxylic acids is 1. The molecule has 0 radical (unpaired) electrons. The largest absolute Gasteiger partial charge is 0.396 e. The van der Waals surface area contributed by atoms with Crippen molar-refractivity contribution in [2.24, 2.45) is 0 Å². The van der Waals surface area contributed by atoms with Crippen molar-refractivity contribution in [3.05, 3.63) is 40.4 Å².